The Bertz CT molecular complexity index is 562. The second kappa shape index (κ2) is 5.30. The van der Waals surface area contributed by atoms with Gasteiger partial charge in [0.1, 0.15) is 0 Å². The van der Waals surface area contributed by atoms with Gasteiger partial charge in [-0.15, -0.1) is 11.8 Å². The van der Waals surface area contributed by atoms with Crippen molar-refractivity contribution in [2.45, 2.75) is 36.5 Å². The molecule has 0 bridgehead atoms. The summed E-state index contributed by atoms with van der Waals surface area (Å²) in [5.74, 6) is 0. The lowest BCUT2D eigenvalue weighted by Crippen LogP contribution is -2.12. The summed E-state index contributed by atoms with van der Waals surface area (Å²) in [5.41, 5.74) is 3.97. The molecule has 2 aromatic rings. The molecule has 0 radical (unpaired) electrons. The smallest absolute Gasteiger partial charge is 0.0524 e. The Balaban J connectivity index is 1.93. The fourth-order valence-electron chi connectivity index (χ4n) is 2.55. The van der Waals surface area contributed by atoms with Gasteiger partial charge in [-0.3, -0.25) is 0 Å². The van der Waals surface area contributed by atoms with E-state index < -0.39 is 0 Å². The molecular weight excluding hydrogens is 250 g/mol. The first-order chi connectivity index (χ1) is 9.22. The molecule has 98 valence electrons. The fourth-order valence-corrected chi connectivity index (χ4v) is 3.68. The zero-order valence-corrected chi connectivity index (χ0v) is 12.2. The van der Waals surface area contributed by atoms with E-state index in [2.05, 4.69) is 67.7 Å². The topological polar surface area (TPSA) is 12.0 Å². The Morgan fingerprint density at radius 1 is 1.05 bits per heavy atom. The normalized spacial score (nSPS) is 22.2. The van der Waals surface area contributed by atoms with E-state index in [0.717, 1.165) is 6.42 Å². The first-order valence-electron chi connectivity index (χ1n) is 6.81. The Hall–Kier alpha value is -1.41. The second-order valence-electron chi connectivity index (χ2n) is 5.27. The van der Waals surface area contributed by atoms with Gasteiger partial charge in [0.05, 0.1) is 6.04 Å². The molecule has 0 amide bonds. The van der Waals surface area contributed by atoms with Crippen molar-refractivity contribution in [3.05, 3.63) is 59.7 Å². The molecule has 3 rings (SSSR count). The van der Waals surface area contributed by atoms with Crippen molar-refractivity contribution < 1.29 is 0 Å². The van der Waals surface area contributed by atoms with Crippen LogP contribution < -0.4 is 5.32 Å². The number of thioether (sulfide) groups is 1. The standard InChI is InChI=1S/C17H19NS/c1-12-7-9-14(10-8-12)16-11-13(2)19-17-6-4-3-5-15(17)18-16/h3-10,13,16,18H,11H2,1-2H3/t13-,16+/m1/s1. The van der Waals surface area contributed by atoms with Gasteiger partial charge < -0.3 is 5.32 Å². The zero-order valence-electron chi connectivity index (χ0n) is 11.4. The molecular formula is C17H19NS. The van der Waals surface area contributed by atoms with Gasteiger partial charge in [0.25, 0.3) is 0 Å². The Labute approximate surface area is 119 Å². The highest BCUT2D eigenvalue weighted by molar-refractivity contribution is 8.00. The van der Waals surface area contributed by atoms with E-state index in [0.29, 0.717) is 11.3 Å². The second-order valence-corrected chi connectivity index (χ2v) is 6.75. The number of rotatable bonds is 1. The SMILES string of the molecule is Cc1ccc([C@@H]2C[C@@H](C)Sc3ccccc3N2)cc1. The fraction of sp³-hybridized carbons (Fsp3) is 0.294. The van der Waals surface area contributed by atoms with Crippen LogP contribution in [0.3, 0.4) is 0 Å². The van der Waals surface area contributed by atoms with Crippen LogP contribution in [0.5, 0.6) is 0 Å². The van der Waals surface area contributed by atoms with E-state index in [1.807, 2.05) is 11.8 Å². The van der Waals surface area contributed by atoms with E-state index in [1.165, 1.54) is 21.7 Å². The van der Waals surface area contributed by atoms with Crippen LogP contribution in [0.4, 0.5) is 5.69 Å². The summed E-state index contributed by atoms with van der Waals surface area (Å²) in [7, 11) is 0. The van der Waals surface area contributed by atoms with Gasteiger partial charge in [-0.2, -0.15) is 0 Å². The number of anilines is 1. The Morgan fingerprint density at radius 3 is 2.58 bits per heavy atom. The third kappa shape index (κ3) is 2.79. The molecule has 1 nitrogen and oxygen atoms in total. The predicted octanol–water partition coefficient (Wildman–Crippen LogP) is 5.03. The Kier molecular flexibility index (Phi) is 3.52. The summed E-state index contributed by atoms with van der Waals surface area (Å²) in [4.78, 5) is 1.37. The molecule has 0 aromatic heterocycles. The summed E-state index contributed by atoms with van der Waals surface area (Å²) in [5, 5.41) is 4.33. The average molecular weight is 269 g/mol. The molecule has 0 unspecified atom stereocenters. The van der Waals surface area contributed by atoms with Crippen molar-refractivity contribution in [2.75, 3.05) is 5.32 Å². The minimum Gasteiger partial charge on any atom is -0.377 e. The molecule has 0 saturated heterocycles. The number of para-hydroxylation sites is 1. The maximum absolute atomic E-state index is 3.70. The zero-order chi connectivity index (χ0) is 13.2. The summed E-state index contributed by atoms with van der Waals surface area (Å²) < 4.78 is 0. The number of hydrogen-bond donors (Lipinski definition) is 1. The van der Waals surface area contributed by atoms with Crippen molar-refractivity contribution in [1.82, 2.24) is 0 Å². The number of benzene rings is 2. The highest BCUT2D eigenvalue weighted by Gasteiger charge is 2.21. The van der Waals surface area contributed by atoms with Gasteiger partial charge in [-0.25, -0.2) is 0 Å². The van der Waals surface area contributed by atoms with Crippen molar-refractivity contribution in [3.8, 4) is 0 Å². The van der Waals surface area contributed by atoms with Crippen molar-refractivity contribution >= 4 is 17.4 Å². The third-order valence-corrected chi connectivity index (χ3v) is 4.80. The number of nitrogens with one attached hydrogen (secondary N) is 1. The summed E-state index contributed by atoms with van der Waals surface area (Å²) in [6.07, 6.45) is 1.16. The van der Waals surface area contributed by atoms with Gasteiger partial charge in [0.2, 0.25) is 0 Å². The van der Waals surface area contributed by atoms with Gasteiger partial charge in [-0.05, 0) is 31.0 Å². The summed E-state index contributed by atoms with van der Waals surface area (Å²) >= 11 is 1.97. The lowest BCUT2D eigenvalue weighted by atomic mass is 10.0. The number of aryl methyl sites for hydroxylation is 1. The maximum atomic E-state index is 3.70. The van der Waals surface area contributed by atoms with Crippen LogP contribution in [-0.2, 0) is 0 Å². The summed E-state index contributed by atoms with van der Waals surface area (Å²) in [6.45, 7) is 4.45. The van der Waals surface area contributed by atoms with Crippen molar-refractivity contribution in [2.24, 2.45) is 0 Å². The molecule has 1 aliphatic rings. The molecule has 1 aliphatic heterocycles. The first-order valence-corrected chi connectivity index (χ1v) is 7.69. The van der Waals surface area contributed by atoms with Crippen LogP contribution in [0.25, 0.3) is 0 Å². The van der Waals surface area contributed by atoms with Gasteiger partial charge in [-0.1, -0.05) is 48.9 Å². The van der Waals surface area contributed by atoms with Crippen molar-refractivity contribution in [1.29, 1.82) is 0 Å². The molecule has 0 fully saturated rings. The van der Waals surface area contributed by atoms with E-state index in [1.54, 1.807) is 0 Å². The molecule has 0 saturated carbocycles. The average Bonchev–Trinajstić information content (AvgIpc) is 2.57. The molecule has 2 atom stereocenters. The molecule has 0 spiro atoms. The van der Waals surface area contributed by atoms with Gasteiger partial charge >= 0.3 is 0 Å². The van der Waals surface area contributed by atoms with E-state index >= 15 is 0 Å². The van der Waals surface area contributed by atoms with E-state index in [9.17, 15) is 0 Å². The number of hydrogen-bond acceptors (Lipinski definition) is 2. The first kappa shape index (κ1) is 12.6. The van der Waals surface area contributed by atoms with E-state index in [-0.39, 0.29) is 0 Å². The molecule has 0 aliphatic carbocycles. The maximum Gasteiger partial charge on any atom is 0.0524 e. The van der Waals surface area contributed by atoms with Crippen LogP contribution in [-0.4, -0.2) is 5.25 Å². The lowest BCUT2D eigenvalue weighted by Gasteiger charge is -2.19. The van der Waals surface area contributed by atoms with Crippen LogP contribution >= 0.6 is 11.8 Å². The van der Waals surface area contributed by atoms with E-state index in [4.69, 9.17) is 0 Å². The minimum absolute atomic E-state index is 0.409. The quantitative estimate of drug-likeness (QED) is 0.779. The molecule has 1 N–H and O–H groups in total. The van der Waals surface area contributed by atoms with Crippen LogP contribution in [0.1, 0.15) is 30.5 Å². The Morgan fingerprint density at radius 2 is 1.79 bits per heavy atom. The number of fused-ring (bicyclic) bond motifs is 1. The van der Waals surface area contributed by atoms with Gasteiger partial charge in [0, 0.05) is 15.8 Å². The molecule has 1 heterocycles. The predicted molar refractivity (Wildman–Crippen MR) is 83.9 cm³/mol. The summed E-state index contributed by atoms with van der Waals surface area (Å²) in [6, 6.07) is 17.9. The molecule has 19 heavy (non-hydrogen) atoms. The third-order valence-electron chi connectivity index (χ3n) is 3.59. The highest BCUT2D eigenvalue weighted by atomic mass is 32.2. The lowest BCUT2D eigenvalue weighted by molar-refractivity contribution is 0.694. The van der Waals surface area contributed by atoms with Crippen LogP contribution in [0.2, 0.25) is 0 Å². The van der Waals surface area contributed by atoms with Crippen LogP contribution in [0, 0.1) is 6.92 Å². The van der Waals surface area contributed by atoms with Gasteiger partial charge in [0.15, 0.2) is 0 Å². The highest BCUT2D eigenvalue weighted by Crippen LogP contribution is 2.40. The van der Waals surface area contributed by atoms with Crippen molar-refractivity contribution in [3.63, 3.8) is 0 Å². The monoisotopic (exact) mass is 269 g/mol. The van der Waals surface area contributed by atoms with Crippen LogP contribution in [0.15, 0.2) is 53.4 Å². The minimum atomic E-state index is 0.409. The largest absolute Gasteiger partial charge is 0.377 e. The molecule has 2 heteroatoms. The molecule has 2 aromatic carbocycles.